The average Bonchev–Trinajstić information content (AvgIpc) is 3.49. The first kappa shape index (κ1) is 26.6. The molecule has 0 spiro atoms. The summed E-state index contributed by atoms with van der Waals surface area (Å²) in [5.41, 5.74) is 12.3. The predicted octanol–water partition coefficient (Wildman–Crippen LogP) is 5.69. The zero-order chi connectivity index (χ0) is 27.3. The van der Waals surface area contributed by atoms with Crippen LogP contribution >= 0.6 is 0 Å². The Hall–Kier alpha value is -4.44. The normalized spacial score (nSPS) is 12.1. The van der Waals surface area contributed by atoms with Crippen molar-refractivity contribution < 1.29 is 27.6 Å². The van der Waals surface area contributed by atoms with E-state index in [4.69, 9.17) is 20.2 Å². The van der Waals surface area contributed by atoms with E-state index in [9.17, 15) is 13.2 Å². The number of aliphatic carboxylic acids is 1. The summed E-state index contributed by atoms with van der Waals surface area (Å²) < 4.78 is 39.3. The van der Waals surface area contributed by atoms with Crippen molar-refractivity contribution in [2.45, 2.75) is 25.1 Å². The van der Waals surface area contributed by atoms with E-state index in [1.165, 1.54) is 27.6 Å². The van der Waals surface area contributed by atoms with Gasteiger partial charge in [-0.1, -0.05) is 78.0 Å². The minimum atomic E-state index is -5.08. The van der Waals surface area contributed by atoms with Gasteiger partial charge in [0, 0.05) is 30.6 Å². The number of carbonyl (C=O) groups is 1. The van der Waals surface area contributed by atoms with Gasteiger partial charge in [0.05, 0.1) is 6.04 Å². The summed E-state index contributed by atoms with van der Waals surface area (Å²) in [4.78, 5) is 13.5. The highest BCUT2D eigenvalue weighted by Gasteiger charge is 2.38. The van der Waals surface area contributed by atoms with E-state index in [-0.39, 0.29) is 6.04 Å². The van der Waals surface area contributed by atoms with Crippen LogP contribution in [0.2, 0.25) is 0 Å². The van der Waals surface area contributed by atoms with Crippen LogP contribution in [0.1, 0.15) is 28.9 Å². The summed E-state index contributed by atoms with van der Waals surface area (Å²) in [6, 6.07) is 26.8. The van der Waals surface area contributed by atoms with Gasteiger partial charge in [0.2, 0.25) is 5.89 Å². The first-order valence-electron chi connectivity index (χ1n) is 11.7. The fourth-order valence-corrected chi connectivity index (χ4v) is 4.03. The molecular weight excluding hydrogens is 497 g/mol. The monoisotopic (exact) mass is 522 g/mol. The highest BCUT2D eigenvalue weighted by atomic mass is 19.4. The van der Waals surface area contributed by atoms with Crippen molar-refractivity contribution in [1.29, 1.82) is 0 Å². The predicted molar refractivity (Wildman–Crippen MR) is 136 cm³/mol. The second-order valence-electron chi connectivity index (χ2n) is 8.68. The largest absolute Gasteiger partial charge is 0.490 e. The van der Waals surface area contributed by atoms with Gasteiger partial charge >= 0.3 is 12.1 Å². The van der Waals surface area contributed by atoms with Gasteiger partial charge < -0.3 is 19.9 Å². The molecule has 0 saturated carbocycles. The number of rotatable bonds is 6. The van der Waals surface area contributed by atoms with Crippen molar-refractivity contribution in [1.82, 2.24) is 14.7 Å². The first-order valence-corrected chi connectivity index (χ1v) is 11.7. The van der Waals surface area contributed by atoms with Gasteiger partial charge in [-0.3, -0.25) is 0 Å². The zero-order valence-corrected chi connectivity index (χ0v) is 20.4. The van der Waals surface area contributed by atoms with Crippen LogP contribution in [0, 0.1) is 0 Å². The second kappa shape index (κ2) is 11.3. The van der Waals surface area contributed by atoms with Crippen LogP contribution < -0.4 is 5.73 Å². The SMILES string of the molecule is Cn1cc(C[C@H](N)c2nc(Cc3ccc(-c4ccccc4)cc3)no2)c2ccccc21.O=C(O)C(F)(F)F. The van der Waals surface area contributed by atoms with Gasteiger partial charge in [0.15, 0.2) is 5.82 Å². The molecule has 0 aliphatic rings. The Morgan fingerprint density at radius 2 is 1.61 bits per heavy atom. The van der Waals surface area contributed by atoms with E-state index in [0.29, 0.717) is 24.6 Å². The molecular formula is C28H25F3N4O3. The summed E-state index contributed by atoms with van der Waals surface area (Å²) >= 11 is 0. The molecule has 0 unspecified atom stereocenters. The lowest BCUT2D eigenvalue weighted by molar-refractivity contribution is -0.192. The molecule has 1 atom stereocenters. The van der Waals surface area contributed by atoms with Gasteiger partial charge in [-0.2, -0.15) is 18.2 Å². The van der Waals surface area contributed by atoms with Crippen LogP contribution in [0.5, 0.6) is 0 Å². The van der Waals surface area contributed by atoms with Gasteiger partial charge in [-0.05, 0) is 34.7 Å². The third-order valence-corrected chi connectivity index (χ3v) is 5.89. The van der Waals surface area contributed by atoms with Crippen LogP contribution in [0.15, 0.2) is 89.6 Å². The van der Waals surface area contributed by atoms with E-state index in [1.54, 1.807) is 0 Å². The van der Waals surface area contributed by atoms with Crippen LogP contribution in [0.25, 0.3) is 22.0 Å². The number of nitrogens with two attached hydrogens (primary N) is 1. The standard InChI is InChI=1S/C26H24N4O.C2HF3O2/c1-30-17-21(22-9-5-6-10-24(22)30)16-23(27)26-28-25(29-31-26)15-18-11-13-20(14-12-18)19-7-3-2-4-8-19;3-2(4,5)1(6)7/h2-14,17,23H,15-16,27H2,1H3;(H,6,7)/t23-;/m0./s1. The molecule has 5 aromatic rings. The summed E-state index contributed by atoms with van der Waals surface area (Å²) in [5, 5.41) is 12.5. The minimum Gasteiger partial charge on any atom is -0.475 e. The Balaban J connectivity index is 0.000000426. The Kier molecular flexibility index (Phi) is 7.92. The number of hydrogen-bond acceptors (Lipinski definition) is 5. The second-order valence-corrected chi connectivity index (χ2v) is 8.68. The molecule has 2 heterocycles. The van der Waals surface area contributed by atoms with Crippen molar-refractivity contribution in [3.8, 4) is 11.1 Å². The quantitative estimate of drug-likeness (QED) is 0.297. The maximum atomic E-state index is 10.6. The van der Waals surface area contributed by atoms with E-state index in [2.05, 4.69) is 69.4 Å². The van der Waals surface area contributed by atoms with E-state index >= 15 is 0 Å². The highest BCUT2D eigenvalue weighted by molar-refractivity contribution is 5.84. The van der Waals surface area contributed by atoms with E-state index < -0.39 is 12.1 Å². The lowest BCUT2D eigenvalue weighted by Crippen LogP contribution is -2.21. The topological polar surface area (TPSA) is 107 Å². The van der Waals surface area contributed by atoms with Crippen molar-refractivity contribution in [2.75, 3.05) is 0 Å². The maximum Gasteiger partial charge on any atom is 0.490 e. The Morgan fingerprint density at radius 1 is 1.00 bits per heavy atom. The number of aryl methyl sites for hydroxylation is 1. The van der Waals surface area contributed by atoms with Crippen molar-refractivity contribution in [3.05, 3.63) is 108 Å². The van der Waals surface area contributed by atoms with Crippen LogP contribution in [0.3, 0.4) is 0 Å². The minimum absolute atomic E-state index is 0.340. The van der Waals surface area contributed by atoms with Crippen LogP contribution in [-0.2, 0) is 24.7 Å². The molecule has 38 heavy (non-hydrogen) atoms. The smallest absolute Gasteiger partial charge is 0.475 e. The molecule has 0 aliphatic carbocycles. The number of hydrogen-bond donors (Lipinski definition) is 2. The number of halogens is 3. The van der Waals surface area contributed by atoms with Crippen molar-refractivity contribution in [2.24, 2.45) is 12.8 Å². The molecule has 0 bridgehead atoms. The van der Waals surface area contributed by atoms with Gasteiger partial charge in [0.25, 0.3) is 0 Å². The Bertz CT molecular complexity index is 1510. The number of fused-ring (bicyclic) bond motifs is 1. The zero-order valence-electron chi connectivity index (χ0n) is 20.4. The number of benzene rings is 3. The number of aromatic nitrogens is 3. The number of carboxylic acids is 1. The molecule has 10 heteroatoms. The average molecular weight is 523 g/mol. The molecule has 196 valence electrons. The molecule has 0 fully saturated rings. The lowest BCUT2D eigenvalue weighted by Gasteiger charge is -2.05. The Morgan fingerprint density at radius 3 is 2.26 bits per heavy atom. The number of alkyl halides is 3. The summed E-state index contributed by atoms with van der Waals surface area (Å²) in [6.45, 7) is 0. The molecule has 0 amide bonds. The fraction of sp³-hybridized carbons (Fsp3) is 0.179. The van der Waals surface area contributed by atoms with Gasteiger partial charge in [-0.15, -0.1) is 0 Å². The Labute approximate surface area is 216 Å². The summed E-state index contributed by atoms with van der Waals surface area (Å²) in [5.74, 6) is -1.63. The molecule has 7 nitrogen and oxygen atoms in total. The molecule has 0 radical (unpaired) electrons. The third kappa shape index (κ3) is 6.46. The highest BCUT2D eigenvalue weighted by Crippen LogP contribution is 2.25. The van der Waals surface area contributed by atoms with E-state index in [1.807, 2.05) is 37.4 Å². The third-order valence-electron chi connectivity index (χ3n) is 5.89. The molecule has 3 N–H and O–H groups in total. The lowest BCUT2D eigenvalue weighted by atomic mass is 10.0. The molecule has 3 aromatic carbocycles. The first-order chi connectivity index (χ1) is 18.1. The van der Waals surface area contributed by atoms with Crippen molar-refractivity contribution in [3.63, 3.8) is 0 Å². The summed E-state index contributed by atoms with van der Waals surface area (Å²) in [6.07, 6.45) is -1.70. The number of carboxylic acid groups (broad SMARTS) is 1. The number of nitrogens with zero attached hydrogens (tertiary/aromatic N) is 3. The molecule has 2 aromatic heterocycles. The van der Waals surface area contributed by atoms with E-state index in [0.717, 1.165) is 5.56 Å². The van der Waals surface area contributed by atoms with Crippen LogP contribution in [0.4, 0.5) is 13.2 Å². The maximum absolute atomic E-state index is 10.6. The molecule has 0 aliphatic heterocycles. The van der Waals surface area contributed by atoms with Crippen molar-refractivity contribution >= 4 is 16.9 Å². The van der Waals surface area contributed by atoms with Crippen LogP contribution in [-0.4, -0.2) is 32.0 Å². The number of para-hydroxylation sites is 1. The summed E-state index contributed by atoms with van der Waals surface area (Å²) in [7, 11) is 2.05. The van der Waals surface area contributed by atoms with Gasteiger partial charge in [0.1, 0.15) is 0 Å². The fourth-order valence-electron chi connectivity index (χ4n) is 4.03. The molecule has 5 rings (SSSR count). The molecule has 0 saturated heterocycles. The van der Waals surface area contributed by atoms with Gasteiger partial charge in [-0.25, -0.2) is 4.79 Å².